The Labute approximate surface area is 227 Å². The molecule has 0 aliphatic carbocycles. The third-order valence-electron chi connectivity index (χ3n) is 7.12. The minimum atomic E-state index is -0.283. The molecule has 7 heteroatoms. The Hall–Kier alpha value is -2.73. The Balaban J connectivity index is 1.52. The normalized spacial score (nSPS) is 17.9. The van der Waals surface area contributed by atoms with Gasteiger partial charge in [-0.3, -0.25) is 9.29 Å². The summed E-state index contributed by atoms with van der Waals surface area (Å²) in [5, 5.41) is 11.2. The van der Waals surface area contributed by atoms with Gasteiger partial charge in [0, 0.05) is 36.6 Å². The number of aromatic hydroxyl groups is 1. The second-order valence-electron chi connectivity index (χ2n) is 9.54. The lowest BCUT2D eigenvalue weighted by atomic mass is 9.86. The number of alkyl halides is 1. The summed E-state index contributed by atoms with van der Waals surface area (Å²) >= 11 is 13.0. The number of hydrogen-bond acceptors (Lipinski definition) is 4. The van der Waals surface area contributed by atoms with Crippen LogP contribution in [0.25, 0.3) is 11.1 Å². The quantitative estimate of drug-likeness (QED) is 0.335. The van der Waals surface area contributed by atoms with E-state index >= 15 is 0 Å². The highest BCUT2D eigenvalue weighted by atomic mass is 35.5. The van der Waals surface area contributed by atoms with E-state index in [0.29, 0.717) is 30.2 Å². The van der Waals surface area contributed by atoms with E-state index in [1.165, 1.54) is 0 Å². The van der Waals surface area contributed by atoms with Gasteiger partial charge in [0.05, 0.1) is 13.3 Å². The van der Waals surface area contributed by atoms with E-state index in [0.717, 1.165) is 65.2 Å². The maximum absolute atomic E-state index is 12.5. The number of fused-ring (bicyclic) bond motifs is 1. The number of phenols is 1. The molecule has 2 aliphatic rings. The van der Waals surface area contributed by atoms with Crippen LogP contribution in [-0.2, 0) is 0 Å². The Kier molecular flexibility index (Phi) is 7.94. The molecule has 1 saturated heterocycles. The average molecular weight is 542 g/mol. The summed E-state index contributed by atoms with van der Waals surface area (Å²) in [5.41, 5.74) is 5.97. The van der Waals surface area contributed by atoms with Crippen molar-refractivity contribution in [1.82, 2.24) is 4.90 Å². The Morgan fingerprint density at radius 2 is 1.89 bits per heavy atom. The second-order valence-corrected chi connectivity index (χ2v) is 10.3. The first-order chi connectivity index (χ1) is 18.0. The van der Waals surface area contributed by atoms with Gasteiger partial charge in [-0.1, -0.05) is 47.5 Å². The third kappa shape index (κ3) is 5.45. The van der Waals surface area contributed by atoms with Crippen LogP contribution in [-0.4, -0.2) is 49.0 Å². The van der Waals surface area contributed by atoms with E-state index in [2.05, 4.69) is 23.1 Å². The molecule has 0 aromatic heterocycles. The van der Waals surface area contributed by atoms with Crippen molar-refractivity contribution in [3.63, 3.8) is 0 Å². The summed E-state index contributed by atoms with van der Waals surface area (Å²) < 4.78 is 24.8. The van der Waals surface area contributed by atoms with Gasteiger partial charge in [-0.25, -0.2) is 0 Å². The van der Waals surface area contributed by atoms with E-state index in [-0.39, 0.29) is 23.6 Å². The van der Waals surface area contributed by atoms with Crippen LogP contribution in [0.2, 0.25) is 10.0 Å². The summed E-state index contributed by atoms with van der Waals surface area (Å²) in [5.74, 6) is 1.27. The topological polar surface area (TPSA) is 41.9 Å². The monoisotopic (exact) mass is 541 g/mol. The lowest BCUT2D eigenvalue weighted by Crippen LogP contribution is -2.26. The van der Waals surface area contributed by atoms with E-state index in [4.69, 9.17) is 32.7 Å². The van der Waals surface area contributed by atoms with Crippen molar-refractivity contribution < 1.29 is 19.0 Å². The summed E-state index contributed by atoms with van der Waals surface area (Å²) in [6.45, 7) is 4.68. The molecule has 194 valence electrons. The molecular formula is C30H30Cl2FNO3. The van der Waals surface area contributed by atoms with Gasteiger partial charge in [-0.15, -0.1) is 0 Å². The van der Waals surface area contributed by atoms with E-state index in [9.17, 15) is 9.50 Å². The molecule has 0 radical (unpaired) electrons. The second kappa shape index (κ2) is 11.3. The van der Waals surface area contributed by atoms with Gasteiger partial charge in [0.15, 0.2) is 0 Å². The number of nitrogens with zero attached hydrogens (tertiary/aromatic N) is 1. The molecule has 0 amide bonds. The maximum Gasteiger partial charge on any atom is 0.149 e. The third-order valence-corrected chi connectivity index (χ3v) is 7.90. The van der Waals surface area contributed by atoms with Crippen molar-refractivity contribution in [1.29, 1.82) is 0 Å². The van der Waals surface area contributed by atoms with Crippen molar-refractivity contribution in [3.05, 3.63) is 86.9 Å². The zero-order chi connectivity index (χ0) is 25.9. The molecule has 1 atom stereocenters. The molecular weight excluding hydrogens is 512 g/mol. The van der Waals surface area contributed by atoms with Gasteiger partial charge in [0.2, 0.25) is 0 Å². The number of likely N-dealkylation sites (tertiary alicyclic amines) is 1. The lowest BCUT2D eigenvalue weighted by molar-refractivity contribution is 0.198. The van der Waals surface area contributed by atoms with Crippen LogP contribution < -0.4 is 9.47 Å². The molecule has 0 spiro atoms. The minimum Gasteiger partial charge on any atom is -0.506 e. The highest BCUT2D eigenvalue weighted by molar-refractivity contribution is 6.34. The molecule has 0 saturated carbocycles. The van der Waals surface area contributed by atoms with Crippen LogP contribution in [0.4, 0.5) is 4.39 Å². The molecule has 4 nitrogen and oxygen atoms in total. The van der Waals surface area contributed by atoms with E-state index in [1.54, 1.807) is 6.07 Å². The first-order valence-electron chi connectivity index (χ1n) is 12.6. The molecule has 37 heavy (non-hydrogen) atoms. The van der Waals surface area contributed by atoms with Crippen LogP contribution in [0, 0.1) is 6.92 Å². The van der Waals surface area contributed by atoms with Gasteiger partial charge in [-0.05, 0) is 77.9 Å². The number of benzene rings is 3. The smallest absolute Gasteiger partial charge is 0.149 e. The zero-order valence-corrected chi connectivity index (χ0v) is 22.3. The van der Waals surface area contributed by atoms with Crippen molar-refractivity contribution >= 4 is 34.3 Å². The predicted octanol–water partition coefficient (Wildman–Crippen LogP) is 7.56. The Morgan fingerprint density at radius 3 is 2.68 bits per heavy atom. The summed E-state index contributed by atoms with van der Waals surface area (Å²) in [6.07, 6.45) is 2.25. The molecule has 2 aliphatic heterocycles. The number of halogens is 3. The highest BCUT2D eigenvalue weighted by Gasteiger charge is 2.26. The molecule has 3 aromatic rings. The Morgan fingerprint density at radius 1 is 1.08 bits per heavy atom. The lowest BCUT2D eigenvalue weighted by Gasteiger charge is -2.19. The molecule has 1 N–H and O–H groups in total. The van der Waals surface area contributed by atoms with Gasteiger partial charge in [0.25, 0.3) is 0 Å². The van der Waals surface area contributed by atoms with E-state index < -0.39 is 0 Å². The Bertz CT molecular complexity index is 1310. The van der Waals surface area contributed by atoms with Crippen molar-refractivity contribution in [3.8, 4) is 17.2 Å². The molecule has 2 heterocycles. The van der Waals surface area contributed by atoms with Crippen LogP contribution in [0.3, 0.4) is 0 Å². The van der Waals surface area contributed by atoms with Gasteiger partial charge in [-0.2, -0.15) is 0 Å². The van der Waals surface area contributed by atoms with Crippen LogP contribution in [0.1, 0.15) is 41.5 Å². The van der Waals surface area contributed by atoms with Gasteiger partial charge >= 0.3 is 0 Å². The summed E-state index contributed by atoms with van der Waals surface area (Å²) in [7, 11) is 0. The SMILES string of the molecule is Cc1c(Cl)cccc1C1=C(c2ccc(O[C@H]3CCN(CCCF)C3)cc2)c2ccc(O)c(Cl)c2OCC1. The van der Waals surface area contributed by atoms with Crippen molar-refractivity contribution in [2.75, 3.05) is 32.9 Å². The van der Waals surface area contributed by atoms with Crippen molar-refractivity contribution in [2.45, 2.75) is 32.3 Å². The number of phenolic OH excluding ortho intramolecular Hbond substituents is 1. The molecule has 0 unspecified atom stereocenters. The van der Waals surface area contributed by atoms with Crippen LogP contribution in [0.5, 0.6) is 17.2 Å². The fraction of sp³-hybridized carbons (Fsp3) is 0.333. The zero-order valence-electron chi connectivity index (χ0n) is 20.8. The first-order valence-corrected chi connectivity index (χ1v) is 13.4. The summed E-state index contributed by atoms with van der Waals surface area (Å²) in [4.78, 5) is 2.25. The predicted molar refractivity (Wildman–Crippen MR) is 148 cm³/mol. The molecule has 0 bridgehead atoms. The highest BCUT2D eigenvalue weighted by Crippen LogP contribution is 2.47. The van der Waals surface area contributed by atoms with Crippen molar-refractivity contribution in [2.24, 2.45) is 0 Å². The number of ether oxygens (including phenoxy) is 2. The maximum atomic E-state index is 12.5. The summed E-state index contributed by atoms with van der Waals surface area (Å²) in [6, 6.07) is 17.5. The largest absolute Gasteiger partial charge is 0.506 e. The number of rotatable bonds is 7. The van der Waals surface area contributed by atoms with Gasteiger partial charge < -0.3 is 14.6 Å². The van der Waals surface area contributed by atoms with Crippen LogP contribution in [0.15, 0.2) is 54.6 Å². The molecule has 5 rings (SSSR count). The number of hydrogen-bond donors (Lipinski definition) is 1. The van der Waals surface area contributed by atoms with Gasteiger partial charge in [0.1, 0.15) is 28.4 Å². The molecule has 3 aromatic carbocycles. The fourth-order valence-corrected chi connectivity index (χ4v) is 5.63. The van der Waals surface area contributed by atoms with Crippen LogP contribution >= 0.6 is 23.2 Å². The van der Waals surface area contributed by atoms with E-state index in [1.807, 2.05) is 37.3 Å². The average Bonchev–Trinajstić information content (AvgIpc) is 3.25. The standard InChI is InChI=1S/C30H30Cl2FNO3/c1-19-23(4-2-5-26(19)31)24-13-17-36-30-25(10-11-27(35)29(30)32)28(24)20-6-8-21(9-7-20)37-22-12-16-34(18-22)15-3-14-33/h2,4-11,22,35H,3,12-18H2,1H3/t22-/m0/s1. The minimum absolute atomic E-state index is 0.0111. The fourth-order valence-electron chi connectivity index (χ4n) is 5.23. The molecule has 1 fully saturated rings. The first kappa shape index (κ1) is 25.9.